The number of aryl methyl sites for hydroxylation is 1. The number of likely N-dealkylation sites (N-methyl/N-ethyl adjacent to an activating group) is 1. The highest BCUT2D eigenvalue weighted by Gasteiger charge is 2.28. The van der Waals surface area contributed by atoms with Crippen LogP contribution in [0.2, 0.25) is 0 Å². The Hall–Kier alpha value is -4.22. The van der Waals surface area contributed by atoms with Crippen molar-refractivity contribution in [2.45, 2.75) is 38.3 Å². The van der Waals surface area contributed by atoms with E-state index in [1.807, 2.05) is 0 Å². The standard InChI is InChI=1S/C30H34N4O6S/c1-5-34(6-2)14-13-31-29(36)27-18(3)26(32-19(27)4)16-24-23-15-22(11-12-25(23)33-28(24)35)41(39,40)17-20-7-9-21(10-8-20)30(37)38/h7-12,15-16,32H,5-6,13-14,17H2,1-4H3,(H,31,36)(H,33,35)(H,37,38). The molecule has 2 aromatic carbocycles. The van der Waals surface area contributed by atoms with E-state index < -0.39 is 15.8 Å². The molecule has 0 atom stereocenters. The van der Waals surface area contributed by atoms with E-state index in [1.165, 1.54) is 36.4 Å². The van der Waals surface area contributed by atoms with Gasteiger partial charge in [-0.3, -0.25) is 9.59 Å². The van der Waals surface area contributed by atoms with Crippen LogP contribution < -0.4 is 10.6 Å². The minimum atomic E-state index is -3.80. The summed E-state index contributed by atoms with van der Waals surface area (Å²) in [5.74, 6) is -2.00. The molecule has 1 aliphatic heterocycles. The molecule has 1 aromatic heterocycles. The molecule has 0 saturated heterocycles. The Morgan fingerprint density at radius 3 is 2.37 bits per heavy atom. The molecule has 11 heteroatoms. The van der Waals surface area contributed by atoms with Gasteiger partial charge in [0, 0.05) is 35.7 Å². The lowest BCUT2D eigenvalue weighted by Gasteiger charge is -2.18. The minimum Gasteiger partial charge on any atom is -0.478 e. The monoisotopic (exact) mass is 578 g/mol. The quantitative estimate of drug-likeness (QED) is 0.253. The molecule has 0 bridgehead atoms. The molecule has 0 spiro atoms. The van der Waals surface area contributed by atoms with Crippen LogP contribution in [0.15, 0.2) is 47.4 Å². The number of hydrogen-bond acceptors (Lipinski definition) is 6. The Kier molecular flexibility index (Phi) is 8.79. The molecule has 3 aromatic rings. The third-order valence-corrected chi connectivity index (χ3v) is 8.98. The van der Waals surface area contributed by atoms with Crippen molar-refractivity contribution < 1.29 is 27.9 Å². The summed E-state index contributed by atoms with van der Waals surface area (Å²) in [5, 5.41) is 14.8. The molecule has 10 nitrogen and oxygen atoms in total. The molecule has 0 radical (unpaired) electrons. The van der Waals surface area contributed by atoms with Gasteiger partial charge in [0.2, 0.25) is 0 Å². The molecular weight excluding hydrogens is 544 g/mol. The number of nitrogens with one attached hydrogen (secondary N) is 3. The summed E-state index contributed by atoms with van der Waals surface area (Å²) in [7, 11) is -3.80. The highest BCUT2D eigenvalue weighted by molar-refractivity contribution is 7.90. The van der Waals surface area contributed by atoms with E-state index in [0.29, 0.717) is 45.9 Å². The first-order valence-corrected chi connectivity index (χ1v) is 15.0. The number of hydrogen-bond donors (Lipinski definition) is 4. The number of benzene rings is 2. The van der Waals surface area contributed by atoms with Crippen molar-refractivity contribution in [3.05, 3.63) is 81.7 Å². The van der Waals surface area contributed by atoms with Gasteiger partial charge in [0.15, 0.2) is 9.84 Å². The lowest BCUT2D eigenvalue weighted by atomic mass is 10.0. The van der Waals surface area contributed by atoms with E-state index in [1.54, 1.807) is 26.0 Å². The van der Waals surface area contributed by atoms with Crippen molar-refractivity contribution in [1.82, 2.24) is 15.2 Å². The second-order valence-corrected chi connectivity index (χ2v) is 11.9. The number of fused-ring (bicyclic) bond motifs is 1. The number of carbonyl (C=O) groups is 3. The van der Waals surface area contributed by atoms with Crippen molar-refractivity contribution in [3.63, 3.8) is 0 Å². The van der Waals surface area contributed by atoms with Gasteiger partial charge >= 0.3 is 5.97 Å². The van der Waals surface area contributed by atoms with Crippen molar-refractivity contribution >= 4 is 45.0 Å². The van der Waals surface area contributed by atoms with E-state index in [-0.39, 0.29) is 33.6 Å². The third kappa shape index (κ3) is 6.41. The summed E-state index contributed by atoms with van der Waals surface area (Å²) in [5.41, 5.74) is 4.17. The lowest BCUT2D eigenvalue weighted by Crippen LogP contribution is -2.35. The normalized spacial score (nSPS) is 13.9. The Bertz CT molecular complexity index is 1630. The van der Waals surface area contributed by atoms with E-state index >= 15 is 0 Å². The Morgan fingerprint density at radius 2 is 1.73 bits per heavy atom. The maximum Gasteiger partial charge on any atom is 0.335 e. The molecule has 41 heavy (non-hydrogen) atoms. The molecule has 0 aliphatic carbocycles. The predicted molar refractivity (Wildman–Crippen MR) is 158 cm³/mol. The number of anilines is 1. The molecular formula is C30H34N4O6S. The van der Waals surface area contributed by atoms with Gasteiger partial charge in [0.05, 0.1) is 27.3 Å². The Balaban J connectivity index is 1.59. The first kappa shape index (κ1) is 29.8. The number of nitrogens with zero attached hydrogens (tertiary/aromatic N) is 1. The van der Waals surface area contributed by atoms with Gasteiger partial charge in [-0.25, -0.2) is 13.2 Å². The number of carboxylic acid groups (broad SMARTS) is 1. The summed E-state index contributed by atoms with van der Waals surface area (Å²) >= 11 is 0. The maximum absolute atomic E-state index is 13.2. The van der Waals surface area contributed by atoms with E-state index in [4.69, 9.17) is 5.11 Å². The number of aromatic nitrogens is 1. The molecule has 1 aliphatic rings. The fourth-order valence-corrected chi connectivity index (χ4v) is 6.28. The molecule has 2 amide bonds. The highest BCUT2D eigenvalue weighted by atomic mass is 32.2. The van der Waals surface area contributed by atoms with Crippen LogP contribution in [0.5, 0.6) is 0 Å². The fourth-order valence-electron chi connectivity index (χ4n) is 4.91. The predicted octanol–water partition coefficient (Wildman–Crippen LogP) is 3.87. The average molecular weight is 579 g/mol. The molecule has 4 rings (SSSR count). The molecule has 0 unspecified atom stereocenters. The summed E-state index contributed by atoms with van der Waals surface area (Å²) in [4.78, 5) is 42.4. The van der Waals surface area contributed by atoms with Crippen LogP contribution in [0, 0.1) is 13.8 Å². The topological polar surface area (TPSA) is 149 Å². The van der Waals surface area contributed by atoms with Crippen LogP contribution >= 0.6 is 0 Å². The van der Waals surface area contributed by atoms with Gasteiger partial charge in [-0.05, 0) is 74.5 Å². The summed E-state index contributed by atoms with van der Waals surface area (Å²) in [6, 6.07) is 10.1. The highest BCUT2D eigenvalue weighted by Crippen LogP contribution is 2.36. The number of aromatic amines is 1. The van der Waals surface area contributed by atoms with Crippen molar-refractivity contribution in [1.29, 1.82) is 0 Å². The zero-order valence-corrected chi connectivity index (χ0v) is 24.3. The number of amides is 2. The number of aromatic carboxylic acids is 1. The SMILES string of the molecule is CCN(CC)CCNC(=O)c1c(C)[nH]c(C=C2C(=O)Nc3ccc(S(=O)(=O)Cc4ccc(C(=O)O)cc4)cc32)c1C. The number of carboxylic acids is 1. The van der Waals surface area contributed by atoms with Gasteiger partial charge in [-0.2, -0.15) is 0 Å². The van der Waals surface area contributed by atoms with E-state index in [9.17, 15) is 22.8 Å². The Morgan fingerprint density at radius 1 is 1.05 bits per heavy atom. The van der Waals surface area contributed by atoms with Crippen LogP contribution in [0.25, 0.3) is 11.6 Å². The zero-order valence-electron chi connectivity index (χ0n) is 23.5. The van der Waals surface area contributed by atoms with Gasteiger partial charge in [0.1, 0.15) is 0 Å². The van der Waals surface area contributed by atoms with Crippen molar-refractivity contribution in [2.24, 2.45) is 0 Å². The molecule has 2 heterocycles. The van der Waals surface area contributed by atoms with Gasteiger partial charge < -0.3 is 25.6 Å². The van der Waals surface area contributed by atoms with Crippen LogP contribution in [-0.2, 0) is 20.4 Å². The molecule has 0 fully saturated rings. The second-order valence-electron chi connectivity index (χ2n) is 9.93. The van der Waals surface area contributed by atoms with Crippen molar-refractivity contribution in [3.8, 4) is 0 Å². The van der Waals surface area contributed by atoms with Gasteiger partial charge in [-0.1, -0.05) is 26.0 Å². The largest absolute Gasteiger partial charge is 0.478 e. The number of H-pyrrole nitrogens is 1. The average Bonchev–Trinajstić information content (AvgIpc) is 3.40. The summed E-state index contributed by atoms with van der Waals surface area (Å²) in [6.45, 7) is 10.8. The minimum absolute atomic E-state index is 0.0358. The molecule has 4 N–H and O–H groups in total. The summed E-state index contributed by atoms with van der Waals surface area (Å²) in [6.07, 6.45) is 1.64. The second kappa shape index (κ2) is 12.1. The Labute approximate surface area is 239 Å². The number of carbonyl (C=O) groups excluding carboxylic acids is 2. The van der Waals surface area contributed by atoms with E-state index in [0.717, 1.165) is 19.6 Å². The van der Waals surface area contributed by atoms with Crippen LogP contribution in [0.1, 0.15) is 62.6 Å². The smallest absolute Gasteiger partial charge is 0.335 e. The van der Waals surface area contributed by atoms with Crippen molar-refractivity contribution in [2.75, 3.05) is 31.5 Å². The van der Waals surface area contributed by atoms with Gasteiger partial charge in [0.25, 0.3) is 11.8 Å². The van der Waals surface area contributed by atoms with E-state index in [2.05, 4.69) is 34.4 Å². The third-order valence-electron chi connectivity index (χ3n) is 7.29. The fraction of sp³-hybridized carbons (Fsp3) is 0.300. The summed E-state index contributed by atoms with van der Waals surface area (Å²) < 4.78 is 26.4. The first-order chi connectivity index (χ1) is 19.4. The number of sulfone groups is 1. The molecule has 0 saturated carbocycles. The lowest BCUT2D eigenvalue weighted by molar-refractivity contribution is -0.110. The molecule has 216 valence electrons. The zero-order chi connectivity index (χ0) is 29.9. The first-order valence-electron chi connectivity index (χ1n) is 13.4. The van der Waals surface area contributed by atoms with Gasteiger partial charge in [-0.15, -0.1) is 0 Å². The number of rotatable bonds is 11. The van der Waals surface area contributed by atoms with Crippen LogP contribution in [0.3, 0.4) is 0 Å². The maximum atomic E-state index is 13.2. The van der Waals surface area contributed by atoms with Crippen LogP contribution in [-0.4, -0.2) is 67.4 Å². The van der Waals surface area contributed by atoms with Crippen LogP contribution in [0.4, 0.5) is 5.69 Å².